The van der Waals surface area contributed by atoms with E-state index < -0.39 is 33.6 Å². The van der Waals surface area contributed by atoms with E-state index in [-0.39, 0.29) is 5.69 Å². The van der Waals surface area contributed by atoms with Gasteiger partial charge in [0.25, 0.3) is 0 Å². The zero-order valence-electron chi connectivity index (χ0n) is 14.9. The maximum Gasteiger partial charge on any atom is 0.248 e. The number of carbonyl (C=O) groups is 1. The Morgan fingerprint density at radius 3 is 2.35 bits per heavy atom. The Bertz CT molecular complexity index is 945. The minimum Gasteiger partial charge on any atom is -0.324 e. The molecule has 0 aliphatic heterocycles. The standard InChI is InChI=1S/C18H20F2N2O3S/c1-11-6-5-7-17(12(11)2)21-18(23)13(3)22(26(4,24)25)14-8-9-15(19)16(20)10-14/h5-10,13H,1-4H3,(H,21,23). The summed E-state index contributed by atoms with van der Waals surface area (Å²) in [5.41, 5.74) is 2.25. The summed E-state index contributed by atoms with van der Waals surface area (Å²) in [6.07, 6.45) is 0.899. The van der Waals surface area contributed by atoms with Crippen LogP contribution in [0, 0.1) is 25.5 Å². The summed E-state index contributed by atoms with van der Waals surface area (Å²) in [5, 5.41) is 2.69. The van der Waals surface area contributed by atoms with Gasteiger partial charge in [-0.1, -0.05) is 12.1 Å². The van der Waals surface area contributed by atoms with Gasteiger partial charge >= 0.3 is 0 Å². The summed E-state index contributed by atoms with van der Waals surface area (Å²) in [7, 11) is -3.92. The molecular formula is C18H20F2N2O3S. The number of hydrogen-bond acceptors (Lipinski definition) is 3. The number of carbonyl (C=O) groups excluding carboxylic acids is 1. The lowest BCUT2D eigenvalue weighted by atomic mass is 10.1. The molecule has 1 unspecified atom stereocenters. The monoisotopic (exact) mass is 382 g/mol. The Morgan fingerprint density at radius 1 is 1.12 bits per heavy atom. The van der Waals surface area contributed by atoms with E-state index >= 15 is 0 Å². The minimum atomic E-state index is -3.92. The van der Waals surface area contributed by atoms with Crippen LogP contribution < -0.4 is 9.62 Å². The van der Waals surface area contributed by atoms with Crippen molar-refractivity contribution in [1.82, 2.24) is 0 Å². The highest BCUT2D eigenvalue weighted by Crippen LogP contribution is 2.24. The van der Waals surface area contributed by atoms with Gasteiger partial charge in [0.2, 0.25) is 15.9 Å². The minimum absolute atomic E-state index is 0.130. The van der Waals surface area contributed by atoms with Crippen molar-refractivity contribution in [2.45, 2.75) is 26.8 Å². The topological polar surface area (TPSA) is 66.5 Å². The van der Waals surface area contributed by atoms with Crippen LogP contribution in [0.15, 0.2) is 36.4 Å². The molecule has 1 amide bonds. The highest BCUT2D eigenvalue weighted by Gasteiger charge is 2.30. The molecule has 1 atom stereocenters. The van der Waals surface area contributed by atoms with Gasteiger partial charge in [-0.3, -0.25) is 9.10 Å². The zero-order valence-corrected chi connectivity index (χ0v) is 15.7. The largest absolute Gasteiger partial charge is 0.324 e. The van der Waals surface area contributed by atoms with E-state index in [9.17, 15) is 22.0 Å². The molecule has 140 valence electrons. The second-order valence-corrected chi connectivity index (χ2v) is 7.93. The van der Waals surface area contributed by atoms with Crippen LogP contribution >= 0.6 is 0 Å². The first-order chi connectivity index (χ1) is 12.0. The van der Waals surface area contributed by atoms with Crippen molar-refractivity contribution in [3.63, 3.8) is 0 Å². The highest BCUT2D eigenvalue weighted by atomic mass is 32.2. The van der Waals surface area contributed by atoms with Gasteiger partial charge < -0.3 is 5.32 Å². The summed E-state index contributed by atoms with van der Waals surface area (Å²) in [4.78, 5) is 12.6. The van der Waals surface area contributed by atoms with E-state index in [0.29, 0.717) is 5.69 Å². The lowest BCUT2D eigenvalue weighted by molar-refractivity contribution is -0.116. The lowest BCUT2D eigenvalue weighted by Gasteiger charge is -2.28. The Kier molecular flexibility index (Phi) is 5.65. The first kappa shape index (κ1) is 19.8. The van der Waals surface area contributed by atoms with Gasteiger partial charge in [0.1, 0.15) is 6.04 Å². The summed E-state index contributed by atoms with van der Waals surface area (Å²) in [5.74, 6) is -2.89. The van der Waals surface area contributed by atoms with E-state index in [4.69, 9.17) is 0 Å². The molecule has 2 aromatic carbocycles. The Morgan fingerprint density at radius 2 is 1.77 bits per heavy atom. The third kappa shape index (κ3) is 4.19. The number of sulfonamides is 1. The molecule has 0 fully saturated rings. The first-order valence-electron chi connectivity index (χ1n) is 7.84. The Labute approximate surface area is 151 Å². The van der Waals surface area contributed by atoms with Crippen LogP contribution in [0.1, 0.15) is 18.1 Å². The van der Waals surface area contributed by atoms with E-state index in [1.165, 1.54) is 6.92 Å². The number of amides is 1. The molecule has 0 heterocycles. The fourth-order valence-electron chi connectivity index (χ4n) is 2.55. The van der Waals surface area contributed by atoms with Gasteiger partial charge in [0.05, 0.1) is 11.9 Å². The van der Waals surface area contributed by atoms with Crippen molar-refractivity contribution in [3.05, 3.63) is 59.2 Å². The molecule has 0 aromatic heterocycles. The van der Waals surface area contributed by atoms with Crippen LogP contribution in [0.3, 0.4) is 0 Å². The zero-order chi connectivity index (χ0) is 19.6. The molecule has 0 aliphatic rings. The summed E-state index contributed by atoms with van der Waals surface area (Å²) in [6.45, 7) is 5.10. The molecule has 5 nitrogen and oxygen atoms in total. The van der Waals surface area contributed by atoms with E-state index in [1.54, 1.807) is 12.1 Å². The smallest absolute Gasteiger partial charge is 0.248 e. The summed E-state index contributed by atoms with van der Waals surface area (Å²) < 4.78 is 51.8. The van der Waals surface area contributed by atoms with Crippen molar-refractivity contribution in [3.8, 4) is 0 Å². The average Bonchev–Trinajstić information content (AvgIpc) is 2.54. The number of nitrogens with one attached hydrogen (secondary N) is 1. The molecule has 0 saturated heterocycles. The average molecular weight is 382 g/mol. The number of halogens is 2. The van der Waals surface area contributed by atoms with Crippen LogP contribution in [-0.2, 0) is 14.8 Å². The van der Waals surface area contributed by atoms with Gasteiger partial charge in [-0.15, -0.1) is 0 Å². The third-order valence-corrected chi connectivity index (χ3v) is 5.35. The van der Waals surface area contributed by atoms with Gasteiger partial charge in [-0.2, -0.15) is 0 Å². The molecule has 8 heteroatoms. The number of anilines is 2. The number of hydrogen-bond donors (Lipinski definition) is 1. The van der Waals surface area contributed by atoms with Crippen molar-refractivity contribution >= 4 is 27.3 Å². The maximum absolute atomic E-state index is 13.5. The number of aryl methyl sites for hydroxylation is 1. The molecule has 2 aromatic rings. The summed E-state index contributed by atoms with van der Waals surface area (Å²) >= 11 is 0. The highest BCUT2D eigenvalue weighted by molar-refractivity contribution is 7.92. The molecule has 2 rings (SSSR count). The normalized spacial score (nSPS) is 12.5. The molecule has 0 saturated carbocycles. The predicted molar refractivity (Wildman–Crippen MR) is 97.7 cm³/mol. The van der Waals surface area contributed by atoms with Gasteiger partial charge in [0.15, 0.2) is 11.6 Å². The Hall–Kier alpha value is -2.48. The molecule has 0 spiro atoms. The summed E-state index contributed by atoms with van der Waals surface area (Å²) in [6, 6.07) is 6.87. The maximum atomic E-state index is 13.5. The van der Waals surface area contributed by atoms with Crippen LogP contribution in [0.25, 0.3) is 0 Å². The second kappa shape index (κ2) is 7.41. The van der Waals surface area contributed by atoms with Crippen molar-refractivity contribution < 1.29 is 22.0 Å². The second-order valence-electron chi connectivity index (χ2n) is 6.07. The van der Waals surface area contributed by atoms with Crippen LogP contribution in [-0.4, -0.2) is 26.6 Å². The predicted octanol–water partition coefficient (Wildman–Crippen LogP) is 3.37. The third-order valence-electron chi connectivity index (χ3n) is 4.11. The molecule has 0 radical (unpaired) electrons. The fraction of sp³-hybridized carbons (Fsp3) is 0.278. The lowest BCUT2D eigenvalue weighted by Crippen LogP contribution is -2.45. The molecule has 0 aliphatic carbocycles. The Balaban J connectivity index is 2.37. The van der Waals surface area contributed by atoms with Crippen LogP contribution in [0.5, 0.6) is 0 Å². The number of nitrogens with zero attached hydrogens (tertiary/aromatic N) is 1. The number of rotatable bonds is 5. The van der Waals surface area contributed by atoms with Crippen LogP contribution in [0.4, 0.5) is 20.2 Å². The van der Waals surface area contributed by atoms with Gasteiger partial charge in [-0.05, 0) is 50.1 Å². The van der Waals surface area contributed by atoms with Crippen molar-refractivity contribution in [1.29, 1.82) is 0 Å². The van der Waals surface area contributed by atoms with Crippen molar-refractivity contribution in [2.75, 3.05) is 15.9 Å². The quantitative estimate of drug-likeness (QED) is 0.862. The molecule has 1 N–H and O–H groups in total. The van der Waals surface area contributed by atoms with Gasteiger partial charge in [-0.25, -0.2) is 17.2 Å². The van der Waals surface area contributed by atoms with E-state index in [2.05, 4.69) is 5.32 Å². The fourth-order valence-corrected chi connectivity index (χ4v) is 3.72. The van der Waals surface area contributed by atoms with Crippen molar-refractivity contribution in [2.24, 2.45) is 0 Å². The first-order valence-corrected chi connectivity index (χ1v) is 9.68. The van der Waals surface area contributed by atoms with E-state index in [0.717, 1.165) is 39.9 Å². The molecule has 26 heavy (non-hydrogen) atoms. The van der Waals surface area contributed by atoms with Crippen LogP contribution in [0.2, 0.25) is 0 Å². The molecule has 0 bridgehead atoms. The SMILES string of the molecule is Cc1cccc(NC(=O)C(C)N(c2ccc(F)c(F)c2)S(C)(=O)=O)c1C. The van der Waals surface area contributed by atoms with E-state index in [1.807, 2.05) is 19.9 Å². The number of benzene rings is 2. The molecular weight excluding hydrogens is 362 g/mol. The van der Waals surface area contributed by atoms with Gasteiger partial charge in [0, 0.05) is 11.8 Å².